The molecule has 116 valence electrons. The van der Waals surface area contributed by atoms with E-state index in [0.29, 0.717) is 6.42 Å². The van der Waals surface area contributed by atoms with Crippen LogP contribution in [0.4, 0.5) is 0 Å². The highest BCUT2D eigenvalue weighted by Crippen LogP contribution is 2.15. The van der Waals surface area contributed by atoms with Gasteiger partial charge in [-0.2, -0.15) is 0 Å². The first-order valence-electron chi connectivity index (χ1n) is 8.67. The van der Waals surface area contributed by atoms with Crippen molar-refractivity contribution in [3.05, 3.63) is 12.2 Å². The predicted octanol–water partition coefficient (Wildman–Crippen LogP) is 5.56. The van der Waals surface area contributed by atoms with Gasteiger partial charge in [0.2, 0.25) is 0 Å². The summed E-state index contributed by atoms with van der Waals surface area (Å²) in [5.74, 6) is 0.00476. The number of carbonyl (C=O) groups excluding carboxylic acids is 1. The van der Waals surface area contributed by atoms with E-state index in [0.717, 1.165) is 32.1 Å². The molecule has 1 aliphatic heterocycles. The second-order valence-corrected chi connectivity index (χ2v) is 5.94. The Morgan fingerprint density at radius 3 is 2.25 bits per heavy atom. The Bertz CT molecular complexity index is 271. The summed E-state index contributed by atoms with van der Waals surface area (Å²) in [6.07, 6.45) is 19.6. The molecule has 0 saturated carbocycles. The fraction of sp³-hybridized carbons (Fsp3) is 0.833. The van der Waals surface area contributed by atoms with Crippen LogP contribution in [0.5, 0.6) is 0 Å². The summed E-state index contributed by atoms with van der Waals surface area (Å²) in [6.45, 7) is 2.12. The van der Waals surface area contributed by atoms with E-state index >= 15 is 0 Å². The van der Waals surface area contributed by atoms with Gasteiger partial charge >= 0.3 is 5.97 Å². The standard InChI is InChI=1S/C18H32O2/c1-2-17-15-13-11-9-7-5-3-4-6-8-10-12-14-16-18(19)20-17/h6,8,17H,2-5,7,9-16H2,1H3/b8-6+. The molecule has 0 fully saturated rings. The second kappa shape index (κ2) is 12.0. The van der Waals surface area contributed by atoms with Crippen LogP contribution in [-0.2, 0) is 9.53 Å². The van der Waals surface area contributed by atoms with Crippen LogP contribution in [-0.4, -0.2) is 12.1 Å². The number of allylic oxidation sites excluding steroid dienone is 2. The Morgan fingerprint density at radius 2 is 1.55 bits per heavy atom. The Hall–Kier alpha value is -0.790. The third-order valence-electron chi connectivity index (χ3n) is 4.07. The molecule has 0 aromatic heterocycles. The Kier molecular flexibility index (Phi) is 10.3. The quantitative estimate of drug-likeness (QED) is 0.464. The lowest BCUT2D eigenvalue weighted by molar-refractivity contribution is -0.149. The van der Waals surface area contributed by atoms with Crippen LogP contribution in [0.25, 0.3) is 0 Å². The highest BCUT2D eigenvalue weighted by Gasteiger charge is 2.11. The monoisotopic (exact) mass is 280 g/mol. The van der Waals surface area contributed by atoms with E-state index in [1.165, 1.54) is 44.9 Å². The summed E-state index contributed by atoms with van der Waals surface area (Å²) in [4.78, 5) is 11.8. The molecule has 1 unspecified atom stereocenters. The molecule has 1 rings (SSSR count). The van der Waals surface area contributed by atoms with E-state index in [1.54, 1.807) is 0 Å². The van der Waals surface area contributed by atoms with Crippen molar-refractivity contribution < 1.29 is 9.53 Å². The van der Waals surface area contributed by atoms with Crippen molar-refractivity contribution in [3.8, 4) is 0 Å². The van der Waals surface area contributed by atoms with Gasteiger partial charge in [0.05, 0.1) is 0 Å². The van der Waals surface area contributed by atoms with Gasteiger partial charge in [-0.25, -0.2) is 0 Å². The van der Waals surface area contributed by atoms with Gasteiger partial charge in [-0.3, -0.25) is 4.79 Å². The lowest BCUT2D eigenvalue weighted by Gasteiger charge is -2.16. The van der Waals surface area contributed by atoms with Crippen LogP contribution in [0.1, 0.15) is 90.4 Å². The number of carbonyl (C=O) groups is 1. The summed E-state index contributed by atoms with van der Waals surface area (Å²) in [6, 6.07) is 0. The number of hydrogen-bond acceptors (Lipinski definition) is 2. The Balaban J connectivity index is 2.32. The lowest BCUT2D eigenvalue weighted by atomic mass is 10.0. The van der Waals surface area contributed by atoms with Crippen molar-refractivity contribution in [2.45, 2.75) is 96.5 Å². The molecule has 0 aliphatic carbocycles. The van der Waals surface area contributed by atoms with E-state index in [4.69, 9.17) is 4.74 Å². The first-order chi connectivity index (χ1) is 9.83. The Morgan fingerprint density at radius 1 is 0.950 bits per heavy atom. The molecule has 0 spiro atoms. The van der Waals surface area contributed by atoms with Crippen molar-refractivity contribution in [3.63, 3.8) is 0 Å². The predicted molar refractivity (Wildman–Crippen MR) is 84.7 cm³/mol. The zero-order valence-corrected chi connectivity index (χ0v) is 13.2. The molecule has 0 N–H and O–H groups in total. The van der Waals surface area contributed by atoms with Crippen LogP contribution in [0.3, 0.4) is 0 Å². The largest absolute Gasteiger partial charge is 0.462 e. The first-order valence-corrected chi connectivity index (χ1v) is 8.67. The van der Waals surface area contributed by atoms with Crippen LogP contribution >= 0.6 is 0 Å². The molecule has 1 atom stereocenters. The Labute approximate surface area is 125 Å². The van der Waals surface area contributed by atoms with Gasteiger partial charge in [-0.15, -0.1) is 0 Å². The average molecular weight is 280 g/mol. The summed E-state index contributed by atoms with van der Waals surface area (Å²) in [5, 5.41) is 0. The van der Waals surface area contributed by atoms with Crippen molar-refractivity contribution >= 4 is 5.97 Å². The smallest absolute Gasteiger partial charge is 0.306 e. The highest BCUT2D eigenvalue weighted by molar-refractivity contribution is 5.69. The van der Waals surface area contributed by atoms with Crippen molar-refractivity contribution in [1.82, 2.24) is 0 Å². The van der Waals surface area contributed by atoms with Gasteiger partial charge in [-0.05, 0) is 51.4 Å². The fourth-order valence-corrected chi connectivity index (χ4v) is 2.70. The van der Waals surface area contributed by atoms with Gasteiger partial charge in [-0.1, -0.05) is 44.8 Å². The molecule has 0 saturated heterocycles. The van der Waals surface area contributed by atoms with Crippen molar-refractivity contribution in [2.24, 2.45) is 0 Å². The molecule has 0 aromatic rings. The molecule has 20 heavy (non-hydrogen) atoms. The zero-order valence-electron chi connectivity index (χ0n) is 13.2. The van der Waals surface area contributed by atoms with E-state index < -0.39 is 0 Å². The molecular weight excluding hydrogens is 248 g/mol. The number of hydrogen-bond donors (Lipinski definition) is 0. The number of esters is 1. The topological polar surface area (TPSA) is 26.3 Å². The summed E-state index contributed by atoms with van der Waals surface area (Å²) < 4.78 is 5.57. The maximum absolute atomic E-state index is 11.8. The third-order valence-corrected chi connectivity index (χ3v) is 4.07. The van der Waals surface area contributed by atoms with Gasteiger partial charge in [0, 0.05) is 6.42 Å². The van der Waals surface area contributed by atoms with Gasteiger partial charge in [0.1, 0.15) is 6.10 Å². The van der Waals surface area contributed by atoms with E-state index in [-0.39, 0.29) is 12.1 Å². The minimum absolute atomic E-state index is 0.00476. The van der Waals surface area contributed by atoms with E-state index in [2.05, 4.69) is 19.1 Å². The molecule has 1 aliphatic rings. The maximum atomic E-state index is 11.8. The number of rotatable bonds is 1. The highest BCUT2D eigenvalue weighted by atomic mass is 16.5. The van der Waals surface area contributed by atoms with Crippen LogP contribution < -0.4 is 0 Å². The minimum atomic E-state index is 0.00476. The minimum Gasteiger partial charge on any atom is -0.462 e. The lowest BCUT2D eigenvalue weighted by Crippen LogP contribution is -2.17. The average Bonchev–Trinajstić information content (AvgIpc) is 2.45. The SMILES string of the molecule is CCC1CCCCCCCC/C=C/CCCCC(=O)O1. The fourth-order valence-electron chi connectivity index (χ4n) is 2.70. The molecule has 2 heteroatoms. The van der Waals surface area contributed by atoms with Gasteiger partial charge in [0.25, 0.3) is 0 Å². The molecular formula is C18H32O2. The molecule has 0 bridgehead atoms. The van der Waals surface area contributed by atoms with Crippen molar-refractivity contribution in [2.75, 3.05) is 0 Å². The number of ether oxygens (including phenoxy) is 1. The van der Waals surface area contributed by atoms with Crippen LogP contribution in [0.15, 0.2) is 12.2 Å². The summed E-state index contributed by atoms with van der Waals surface area (Å²) >= 11 is 0. The number of cyclic esters (lactones) is 1. The second-order valence-electron chi connectivity index (χ2n) is 5.94. The van der Waals surface area contributed by atoms with Gasteiger partial charge < -0.3 is 4.74 Å². The maximum Gasteiger partial charge on any atom is 0.306 e. The molecule has 1 heterocycles. The summed E-state index contributed by atoms with van der Waals surface area (Å²) in [7, 11) is 0. The van der Waals surface area contributed by atoms with E-state index in [9.17, 15) is 4.79 Å². The molecule has 0 radical (unpaired) electrons. The molecule has 0 aromatic carbocycles. The third kappa shape index (κ3) is 9.17. The summed E-state index contributed by atoms with van der Waals surface area (Å²) in [5.41, 5.74) is 0. The first kappa shape index (κ1) is 17.3. The van der Waals surface area contributed by atoms with Gasteiger partial charge in [0.15, 0.2) is 0 Å². The van der Waals surface area contributed by atoms with Crippen LogP contribution in [0.2, 0.25) is 0 Å². The molecule has 0 amide bonds. The zero-order chi connectivity index (χ0) is 14.5. The van der Waals surface area contributed by atoms with Crippen molar-refractivity contribution in [1.29, 1.82) is 0 Å². The van der Waals surface area contributed by atoms with Crippen LogP contribution in [0, 0.1) is 0 Å². The van der Waals surface area contributed by atoms with E-state index in [1.807, 2.05) is 0 Å². The molecule has 2 nitrogen and oxygen atoms in total. The normalized spacial score (nSPS) is 26.4.